The molecule has 1 saturated heterocycles. The zero-order chi connectivity index (χ0) is 19.4. The van der Waals surface area contributed by atoms with Crippen LogP contribution in [0.15, 0.2) is 36.7 Å². The van der Waals surface area contributed by atoms with Crippen molar-refractivity contribution in [2.45, 2.75) is 37.1 Å². The molecule has 5 rings (SSSR count). The molecule has 0 bridgehead atoms. The minimum Gasteiger partial charge on any atom is -0.394 e. The molecule has 0 amide bonds. The van der Waals surface area contributed by atoms with Gasteiger partial charge in [-0.3, -0.25) is 14.5 Å². The first-order valence-electron chi connectivity index (χ1n) is 9.04. The number of hydrogen-bond acceptors (Lipinski definition) is 8. The highest BCUT2D eigenvalue weighted by Gasteiger charge is 2.44. The summed E-state index contributed by atoms with van der Waals surface area (Å²) in [7, 11) is 0. The quantitative estimate of drug-likeness (QED) is 0.409. The van der Waals surface area contributed by atoms with Gasteiger partial charge in [-0.1, -0.05) is 30.3 Å². The van der Waals surface area contributed by atoms with Crippen molar-refractivity contribution in [2.24, 2.45) is 0 Å². The van der Waals surface area contributed by atoms with Gasteiger partial charge in [-0.15, -0.1) is 0 Å². The second-order valence-electron chi connectivity index (χ2n) is 7.06. The molecule has 1 unspecified atom stereocenters. The number of nitrogens with zero attached hydrogens (tertiary/aromatic N) is 4. The first kappa shape index (κ1) is 17.3. The standard InChI is InChI=1S/C18H20N6O4/c19-18-22-16-12(15-21-10(6-23(15)18)9-4-2-1-3-5-9)20-8-24(16)17-14(27)13(26)11(7-25)28-17/h1-5,8,10-11,13-14,17,19,21,25-27H,6-7H2/t10-,11-,13-,14-,17?/m0/s1. The predicted octanol–water partition coefficient (Wildman–Crippen LogP) is -0.509. The smallest absolute Gasteiger partial charge is 0.225 e. The lowest BCUT2D eigenvalue weighted by Gasteiger charge is -2.16. The summed E-state index contributed by atoms with van der Waals surface area (Å²) in [6, 6.07) is 9.94. The Morgan fingerprint density at radius 3 is 2.71 bits per heavy atom. The average molecular weight is 384 g/mol. The number of benzene rings is 1. The van der Waals surface area contributed by atoms with Crippen molar-refractivity contribution in [3.05, 3.63) is 47.8 Å². The highest BCUT2D eigenvalue weighted by molar-refractivity contribution is 5.84. The lowest BCUT2D eigenvalue weighted by Crippen LogP contribution is -2.33. The predicted molar refractivity (Wildman–Crippen MR) is 97.2 cm³/mol. The maximum absolute atomic E-state index is 10.3. The minimum absolute atomic E-state index is 0.00300. The summed E-state index contributed by atoms with van der Waals surface area (Å²) in [5, 5.41) is 41.4. The fourth-order valence-corrected chi connectivity index (χ4v) is 3.91. The second-order valence-corrected chi connectivity index (χ2v) is 7.06. The molecule has 146 valence electrons. The molecule has 5 N–H and O–H groups in total. The van der Waals surface area contributed by atoms with Crippen LogP contribution in [0.25, 0.3) is 11.2 Å². The Kier molecular flexibility index (Phi) is 3.95. The van der Waals surface area contributed by atoms with E-state index >= 15 is 0 Å². The van der Waals surface area contributed by atoms with E-state index in [4.69, 9.17) is 10.1 Å². The number of fused-ring (bicyclic) bond motifs is 3. The molecule has 1 aromatic carbocycles. The van der Waals surface area contributed by atoms with E-state index in [0.717, 1.165) is 5.56 Å². The van der Waals surface area contributed by atoms with Gasteiger partial charge in [0.1, 0.15) is 29.6 Å². The van der Waals surface area contributed by atoms with Crippen LogP contribution >= 0.6 is 0 Å². The summed E-state index contributed by atoms with van der Waals surface area (Å²) < 4.78 is 8.84. The molecule has 0 saturated carbocycles. The normalized spacial score (nSPS) is 29.2. The van der Waals surface area contributed by atoms with Gasteiger partial charge in [0.15, 0.2) is 11.9 Å². The Labute approximate surface area is 159 Å². The molecule has 2 aliphatic heterocycles. The number of aliphatic hydroxyl groups excluding tert-OH is 3. The first-order chi connectivity index (χ1) is 13.6. The molecule has 2 aliphatic rings. The van der Waals surface area contributed by atoms with Crippen molar-refractivity contribution in [2.75, 3.05) is 11.9 Å². The number of nitrogens with one attached hydrogen (secondary N) is 2. The van der Waals surface area contributed by atoms with E-state index < -0.39 is 31.1 Å². The summed E-state index contributed by atoms with van der Waals surface area (Å²) in [4.78, 5) is 8.76. The van der Waals surface area contributed by atoms with Crippen molar-refractivity contribution in [1.82, 2.24) is 19.1 Å². The monoisotopic (exact) mass is 384 g/mol. The molecule has 0 spiro atoms. The molecule has 0 radical (unpaired) electrons. The highest BCUT2D eigenvalue weighted by atomic mass is 16.6. The van der Waals surface area contributed by atoms with E-state index in [-0.39, 0.29) is 11.7 Å². The third-order valence-electron chi connectivity index (χ3n) is 5.40. The van der Waals surface area contributed by atoms with Crippen LogP contribution in [-0.2, 0) is 11.3 Å². The van der Waals surface area contributed by atoms with Crippen LogP contribution in [0, 0.1) is 5.41 Å². The second kappa shape index (κ2) is 6.38. The Balaban J connectivity index is 1.56. The van der Waals surface area contributed by atoms with Gasteiger partial charge in [-0.25, -0.2) is 4.98 Å². The molecule has 3 aromatic rings. The molecule has 1 fully saturated rings. The summed E-state index contributed by atoms with van der Waals surface area (Å²) in [6.07, 6.45) is -2.82. The van der Waals surface area contributed by atoms with Crippen molar-refractivity contribution < 1.29 is 20.1 Å². The number of aliphatic hydroxyl groups is 3. The summed E-state index contributed by atoms with van der Waals surface area (Å²) in [5.74, 6) is 0.675. The molecule has 28 heavy (non-hydrogen) atoms. The maximum Gasteiger partial charge on any atom is 0.225 e. The van der Waals surface area contributed by atoms with E-state index in [1.807, 2.05) is 30.3 Å². The number of imidazole rings is 1. The van der Waals surface area contributed by atoms with Crippen LogP contribution in [0.3, 0.4) is 0 Å². The average Bonchev–Trinajstić information content (AvgIpc) is 3.40. The summed E-state index contributed by atoms with van der Waals surface area (Å²) >= 11 is 0. The largest absolute Gasteiger partial charge is 0.394 e. The van der Waals surface area contributed by atoms with Gasteiger partial charge >= 0.3 is 0 Å². The Morgan fingerprint density at radius 1 is 1.21 bits per heavy atom. The van der Waals surface area contributed by atoms with Gasteiger partial charge in [-0.2, -0.15) is 4.98 Å². The SMILES string of the molecule is N=c1nc2c(ncn2C2O[C@@H](CO)[C@H](O)[C@@H]2O)c2n1C[C@@H](c1ccccc1)N2. The van der Waals surface area contributed by atoms with Crippen LogP contribution < -0.4 is 10.9 Å². The molecule has 10 heteroatoms. The van der Waals surface area contributed by atoms with E-state index in [1.165, 1.54) is 10.9 Å². The number of anilines is 1. The van der Waals surface area contributed by atoms with Crippen LogP contribution in [-0.4, -0.2) is 59.3 Å². The van der Waals surface area contributed by atoms with Gasteiger partial charge in [0.2, 0.25) is 5.62 Å². The van der Waals surface area contributed by atoms with Crippen LogP contribution in [0.5, 0.6) is 0 Å². The first-order valence-corrected chi connectivity index (χ1v) is 9.04. The van der Waals surface area contributed by atoms with Gasteiger partial charge in [0.05, 0.1) is 25.5 Å². The van der Waals surface area contributed by atoms with Gasteiger partial charge < -0.3 is 25.4 Å². The van der Waals surface area contributed by atoms with Gasteiger partial charge in [0, 0.05) is 0 Å². The van der Waals surface area contributed by atoms with Crippen LogP contribution in [0.1, 0.15) is 17.8 Å². The van der Waals surface area contributed by atoms with Crippen LogP contribution in [0.4, 0.5) is 5.82 Å². The van der Waals surface area contributed by atoms with E-state index in [1.54, 1.807) is 4.57 Å². The van der Waals surface area contributed by atoms with Gasteiger partial charge in [-0.05, 0) is 5.56 Å². The minimum atomic E-state index is -1.24. The lowest BCUT2D eigenvalue weighted by molar-refractivity contribution is -0.0511. The molecular formula is C18H20N6O4. The molecule has 0 aliphatic carbocycles. The molecule has 4 heterocycles. The van der Waals surface area contributed by atoms with Crippen LogP contribution in [0.2, 0.25) is 0 Å². The van der Waals surface area contributed by atoms with Crippen molar-refractivity contribution in [3.63, 3.8) is 0 Å². The van der Waals surface area contributed by atoms with Crippen molar-refractivity contribution >= 4 is 17.0 Å². The summed E-state index contributed by atoms with van der Waals surface area (Å²) in [5.41, 5.74) is 2.07. The number of rotatable bonds is 3. The zero-order valence-corrected chi connectivity index (χ0v) is 14.8. The van der Waals surface area contributed by atoms with E-state index in [9.17, 15) is 15.3 Å². The number of aromatic nitrogens is 4. The molecular weight excluding hydrogens is 364 g/mol. The Hall–Kier alpha value is -2.79. The Morgan fingerprint density at radius 2 is 2.00 bits per heavy atom. The third-order valence-corrected chi connectivity index (χ3v) is 5.40. The van der Waals surface area contributed by atoms with E-state index in [2.05, 4.69) is 15.3 Å². The maximum atomic E-state index is 10.3. The molecule has 2 aromatic heterocycles. The number of hydrogen-bond donors (Lipinski definition) is 5. The lowest BCUT2D eigenvalue weighted by atomic mass is 10.1. The molecule has 10 nitrogen and oxygen atoms in total. The summed E-state index contributed by atoms with van der Waals surface area (Å²) in [6.45, 7) is 0.145. The molecule has 5 atom stereocenters. The van der Waals surface area contributed by atoms with Crippen molar-refractivity contribution in [1.29, 1.82) is 5.41 Å². The third kappa shape index (κ3) is 2.46. The fourth-order valence-electron chi connectivity index (χ4n) is 3.91. The topological polar surface area (TPSA) is 141 Å². The van der Waals surface area contributed by atoms with E-state index in [0.29, 0.717) is 23.5 Å². The highest BCUT2D eigenvalue weighted by Crippen LogP contribution is 2.35. The zero-order valence-electron chi connectivity index (χ0n) is 14.8. The Bertz CT molecular complexity index is 1080. The van der Waals surface area contributed by atoms with Gasteiger partial charge in [0.25, 0.3) is 0 Å². The fraction of sp³-hybridized carbons (Fsp3) is 0.389. The number of ether oxygens (including phenoxy) is 1. The van der Waals surface area contributed by atoms with Crippen molar-refractivity contribution in [3.8, 4) is 0 Å².